The van der Waals surface area contributed by atoms with Crippen LogP contribution in [0.2, 0.25) is 0 Å². The molecule has 2 amide bonds. The van der Waals surface area contributed by atoms with E-state index in [0.29, 0.717) is 41.7 Å². The first kappa shape index (κ1) is 24.9. The summed E-state index contributed by atoms with van der Waals surface area (Å²) in [4.78, 5) is 27.1. The lowest BCUT2D eigenvalue weighted by molar-refractivity contribution is -0.126. The van der Waals surface area contributed by atoms with E-state index in [1.54, 1.807) is 50.6 Å². The van der Waals surface area contributed by atoms with Crippen molar-refractivity contribution >= 4 is 29.3 Å². The Labute approximate surface area is 211 Å². The molecule has 0 unspecified atom stereocenters. The second kappa shape index (κ2) is 11.4. The van der Waals surface area contributed by atoms with Crippen LogP contribution in [-0.4, -0.2) is 44.0 Å². The van der Waals surface area contributed by atoms with Crippen LogP contribution in [0, 0.1) is 0 Å². The lowest BCUT2D eigenvalue weighted by Crippen LogP contribution is -2.36. The van der Waals surface area contributed by atoms with Gasteiger partial charge in [-0.05, 0) is 72.4 Å². The molecule has 4 rings (SSSR count). The number of rotatable bonds is 7. The molecule has 0 radical (unpaired) electrons. The van der Waals surface area contributed by atoms with Gasteiger partial charge in [0.1, 0.15) is 0 Å². The summed E-state index contributed by atoms with van der Waals surface area (Å²) in [5.74, 6) is 1.57. The van der Waals surface area contributed by atoms with Gasteiger partial charge in [-0.2, -0.15) is 0 Å². The third kappa shape index (κ3) is 5.86. The van der Waals surface area contributed by atoms with Crippen LogP contribution in [0.25, 0.3) is 6.08 Å². The van der Waals surface area contributed by atoms with Gasteiger partial charge in [-0.25, -0.2) is 0 Å². The Balaban J connectivity index is 1.30. The van der Waals surface area contributed by atoms with Gasteiger partial charge in [0.25, 0.3) is 5.91 Å². The quantitative estimate of drug-likeness (QED) is 0.365. The number of nitrogens with one attached hydrogen (secondary N) is 1. The zero-order valence-electron chi connectivity index (χ0n) is 20.6. The van der Waals surface area contributed by atoms with E-state index in [2.05, 4.69) is 11.4 Å². The molecule has 0 aliphatic carbocycles. The van der Waals surface area contributed by atoms with Gasteiger partial charge >= 0.3 is 0 Å². The third-order valence-corrected chi connectivity index (χ3v) is 6.49. The van der Waals surface area contributed by atoms with E-state index in [1.165, 1.54) is 5.56 Å². The van der Waals surface area contributed by atoms with Crippen LogP contribution in [-0.2, 0) is 4.79 Å². The van der Waals surface area contributed by atoms with Crippen molar-refractivity contribution in [2.45, 2.75) is 18.8 Å². The molecular formula is C29H31N3O4. The number of amides is 2. The number of nitrogen functional groups attached to an aromatic ring is 1. The minimum absolute atomic E-state index is 0.0119. The molecule has 0 spiro atoms. The molecule has 0 atom stereocenters. The van der Waals surface area contributed by atoms with Gasteiger partial charge in [-0.3, -0.25) is 9.59 Å². The number of ether oxygens (including phenoxy) is 2. The fourth-order valence-electron chi connectivity index (χ4n) is 4.36. The summed E-state index contributed by atoms with van der Waals surface area (Å²) in [5.41, 5.74) is 9.54. The fraction of sp³-hybridized carbons (Fsp3) is 0.241. The summed E-state index contributed by atoms with van der Waals surface area (Å²) in [5, 5.41) is 2.81. The molecule has 7 nitrogen and oxygen atoms in total. The molecule has 3 N–H and O–H groups in total. The molecule has 1 aliphatic rings. The Morgan fingerprint density at radius 1 is 0.944 bits per heavy atom. The highest BCUT2D eigenvalue weighted by molar-refractivity contribution is 6.05. The highest BCUT2D eigenvalue weighted by Gasteiger charge is 2.23. The van der Waals surface area contributed by atoms with Gasteiger partial charge in [0.2, 0.25) is 5.91 Å². The number of anilines is 2. The lowest BCUT2D eigenvalue weighted by atomic mass is 9.89. The normalized spacial score (nSPS) is 14.0. The largest absolute Gasteiger partial charge is 0.493 e. The molecule has 3 aromatic rings. The summed E-state index contributed by atoms with van der Waals surface area (Å²) in [7, 11) is 3.27. The Hall–Kier alpha value is -4.26. The van der Waals surface area contributed by atoms with Gasteiger partial charge < -0.3 is 25.4 Å². The number of hydrogen-bond donors (Lipinski definition) is 2. The number of carbonyl (C=O) groups excluding carboxylic acids is 2. The lowest BCUT2D eigenvalue weighted by Gasteiger charge is -2.31. The van der Waals surface area contributed by atoms with Crippen LogP contribution in [0.1, 0.15) is 40.2 Å². The highest BCUT2D eigenvalue weighted by Crippen LogP contribution is 2.34. The molecule has 1 heterocycles. The second-order valence-electron chi connectivity index (χ2n) is 8.71. The molecule has 7 heteroatoms. The Kier molecular flexibility index (Phi) is 7.90. The van der Waals surface area contributed by atoms with Crippen LogP contribution in [0.15, 0.2) is 72.8 Å². The fourth-order valence-corrected chi connectivity index (χ4v) is 4.36. The maximum Gasteiger partial charge on any atom is 0.255 e. The van der Waals surface area contributed by atoms with Crippen LogP contribution in [0.5, 0.6) is 11.5 Å². The molecule has 1 fully saturated rings. The van der Waals surface area contributed by atoms with Gasteiger partial charge in [-0.1, -0.05) is 30.3 Å². The van der Waals surface area contributed by atoms with Crippen molar-refractivity contribution in [2.24, 2.45) is 0 Å². The first-order valence-corrected chi connectivity index (χ1v) is 11.9. The van der Waals surface area contributed by atoms with Gasteiger partial charge in [-0.15, -0.1) is 0 Å². The summed E-state index contributed by atoms with van der Waals surface area (Å²) in [6.07, 6.45) is 5.16. The molecule has 36 heavy (non-hydrogen) atoms. The average Bonchev–Trinajstić information content (AvgIpc) is 2.93. The van der Waals surface area contributed by atoms with E-state index < -0.39 is 0 Å². The van der Waals surface area contributed by atoms with Crippen molar-refractivity contribution in [3.63, 3.8) is 0 Å². The topological polar surface area (TPSA) is 93.9 Å². The SMILES string of the molecule is COc1ccc(C2CCN(C(=O)C=Cc3ccc(C(=O)Nc4ccccc4N)cc3)CC2)cc1OC. The molecule has 0 saturated carbocycles. The number of methoxy groups -OCH3 is 2. The van der Waals surface area contributed by atoms with E-state index in [0.717, 1.165) is 24.2 Å². The van der Waals surface area contributed by atoms with Crippen molar-refractivity contribution in [3.8, 4) is 11.5 Å². The monoisotopic (exact) mass is 485 g/mol. The number of nitrogens with two attached hydrogens (primary N) is 1. The predicted octanol–water partition coefficient (Wildman–Crippen LogP) is 4.96. The smallest absolute Gasteiger partial charge is 0.255 e. The van der Waals surface area contributed by atoms with E-state index >= 15 is 0 Å². The van der Waals surface area contributed by atoms with E-state index in [1.807, 2.05) is 41.3 Å². The highest BCUT2D eigenvalue weighted by atomic mass is 16.5. The number of hydrogen-bond acceptors (Lipinski definition) is 5. The van der Waals surface area contributed by atoms with Crippen molar-refractivity contribution in [3.05, 3.63) is 89.5 Å². The molecule has 0 aromatic heterocycles. The van der Waals surface area contributed by atoms with Crippen molar-refractivity contribution in [1.29, 1.82) is 0 Å². The number of benzene rings is 3. The number of likely N-dealkylation sites (tertiary alicyclic amines) is 1. The minimum atomic E-state index is -0.239. The number of para-hydroxylation sites is 2. The number of carbonyl (C=O) groups is 2. The van der Waals surface area contributed by atoms with Crippen LogP contribution in [0.3, 0.4) is 0 Å². The minimum Gasteiger partial charge on any atom is -0.493 e. The van der Waals surface area contributed by atoms with E-state index in [-0.39, 0.29) is 11.8 Å². The molecule has 1 saturated heterocycles. The van der Waals surface area contributed by atoms with Gasteiger partial charge in [0.15, 0.2) is 11.5 Å². The molecule has 3 aromatic carbocycles. The van der Waals surface area contributed by atoms with Crippen LogP contribution < -0.4 is 20.5 Å². The van der Waals surface area contributed by atoms with Crippen LogP contribution >= 0.6 is 0 Å². The Morgan fingerprint density at radius 2 is 1.64 bits per heavy atom. The summed E-state index contributed by atoms with van der Waals surface area (Å²) in [6, 6.07) is 20.2. The summed E-state index contributed by atoms with van der Waals surface area (Å²) in [6.45, 7) is 1.40. The maximum atomic E-state index is 12.7. The van der Waals surface area contributed by atoms with Gasteiger partial charge in [0, 0.05) is 24.7 Å². The second-order valence-corrected chi connectivity index (χ2v) is 8.71. The first-order valence-electron chi connectivity index (χ1n) is 11.9. The molecule has 1 aliphatic heterocycles. The van der Waals surface area contributed by atoms with Gasteiger partial charge in [0.05, 0.1) is 25.6 Å². The zero-order valence-corrected chi connectivity index (χ0v) is 20.6. The van der Waals surface area contributed by atoms with Crippen LogP contribution in [0.4, 0.5) is 11.4 Å². The average molecular weight is 486 g/mol. The molecule has 0 bridgehead atoms. The first-order chi connectivity index (χ1) is 17.5. The molecular weight excluding hydrogens is 454 g/mol. The van der Waals surface area contributed by atoms with Crippen molar-refractivity contribution in [1.82, 2.24) is 4.90 Å². The van der Waals surface area contributed by atoms with E-state index in [4.69, 9.17) is 15.2 Å². The van der Waals surface area contributed by atoms with E-state index in [9.17, 15) is 9.59 Å². The Morgan fingerprint density at radius 3 is 2.31 bits per heavy atom. The zero-order chi connectivity index (χ0) is 25.5. The Bertz CT molecular complexity index is 1250. The summed E-state index contributed by atoms with van der Waals surface area (Å²) < 4.78 is 10.8. The van der Waals surface area contributed by atoms with Crippen molar-refractivity contribution in [2.75, 3.05) is 38.4 Å². The van der Waals surface area contributed by atoms with Crippen molar-refractivity contribution < 1.29 is 19.1 Å². The molecule has 186 valence electrons. The summed E-state index contributed by atoms with van der Waals surface area (Å²) >= 11 is 0. The standard InChI is InChI=1S/C29H31N3O4/c1-35-26-13-12-23(19-27(26)36-2)21-15-17-32(18-16-21)28(33)14-9-20-7-10-22(11-8-20)29(34)31-25-6-4-3-5-24(25)30/h3-14,19,21H,15-18,30H2,1-2H3,(H,31,34). The number of piperidine rings is 1. The third-order valence-electron chi connectivity index (χ3n) is 6.49. The maximum absolute atomic E-state index is 12.7. The predicted molar refractivity (Wildman–Crippen MR) is 142 cm³/mol. The number of nitrogens with zero attached hydrogens (tertiary/aromatic N) is 1.